The maximum absolute atomic E-state index is 6.75. The van der Waals surface area contributed by atoms with Gasteiger partial charge in [-0.2, -0.15) is 0 Å². The first-order valence-electron chi connectivity index (χ1n) is 10.3. The molecule has 0 amide bonds. The molecule has 0 spiro atoms. The second kappa shape index (κ2) is 6.45. The molecule has 1 saturated carbocycles. The highest BCUT2D eigenvalue weighted by molar-refractivity contribution is 7.11. The summed E-state index contributed by atoms with van der Waals surface area (Å²) in [6, 6.07) is 6.93. The minimum Gasteiger partial charge on any atom is -0.385 e. The van der Waals surface area contributed by atoms with Crippen LogP contribution in [0.1, 0.15) is 90.7 Å². The van der Waals surface area contributed by atoms with Gasteiger partial charge >= 0.3 is 0 Å². The lowest BCUT2D eigenvalue weighted by atomic mass is 9.53. The molecule has 3 heteroatoms. The van der Waals surface area contributed by atoms with E-state index in [-0.39, 0.29) is 11.0 Å². The summed E-state index contributed by atoms with van der Waals surface area (Å²) in [5.74, 6) is 1.79. The zero-order chi connectivity index (χ0) is 18.6. The molecule has 1 nitrogen and oxygen atoms in total. The molecule has 0 N–H and O–H groups in total. The summed E-state index contributed by atoms with van der Waals surface area (Å²) in [5, 5.41) is 0. The van der Waals surface area contributed by atoms with Gasteiger partial charge in [0.05, 0.1) is 0 Å². The Balaban J connectivity index is 2.38. The number of fused-ring (bicyclic) bond motifs is 2. The average Bonchev–Trinajstić information content (AvgIpc) is 2.54. The Morgan fingerprint density at radius 2 is 1.64 bits per heavy atom. The largest absolute Gasteiger partial charge is 0.385 e. The maximum atomic E-state index is 6.75. The van der Waals surface area contributed by atoms with Gasteiger partial charge in [0.25, 0.3) is 0 Å². The van der Waals surface area contributed by atoms with Crippen molar-refractivity contribution in [1.82, 2.24) is 0 Å². The van der Waals surface area contributed by atoms with E-state index in [0.29, 0.717) is 11.8 Å². The summed E-state index contributed by atoms with van der Waals surface area (Å²) in [4.78, 5) is 0. The molecular formula is C22H35BClN. The summed E-state index contributed by atoms with van der Waals surface area (Å²) < 4.78 is 2.76. The van der Waals surface area contributed by atoms with Crippen LogP contribution in [0.5, 0.6) is 0 Å². The fourth-order valence-corrected chi connectivity index (χ4v) is 6.27. The first-order chi connectivity index (χ1) is 11.7. The zero-order valence-corrected chi connectivity index (χ0v) is 18.2. The number of benzene rings is 1. The number of halogens is 1. The lowest BCUT2D eigenvalue weighted by Gasteiger charge is -2.54. The van der Waals surface area contributed by atoms with Crippen LogP contribution in [0, 0.1) is 11.3 Å². The summed E-state index contributed by atoms with van der Waals surface area (Å²) in [6.07, 6.45) is 3.86. The van der Waals surface area contributed by atoms with Crippen LogP contribution in [0.2, 0.25) is 0 Å². The van der Waals surface area contributed by atoms with Crippen molar-refractivity contribution < 1.29 is 4.58 Å². The van der Waals surface area contributed by atoms with E-state index in [1.54, 1.807) is 5.61 Å². The molecule has 0 radical (unpaired) electrons. The van der Waals surface area contributed by atoms with Crippen LogP contribution in [-0.4, -0.2) is 22.4 Å². The van der Waals surface area contributed by atoms with Crippen LogP contribution < -0.4 is 0 Å². The van der Waals surface area contributed by atoms with Gasteiger partial charge in [-0.1, -0.05) is 59.7 Å². The summed E-state index contributed by atoms with van der Waals surface area (Å²) in [7, 11) is 0. The normalized spacial score (nSPS) is 32.2. The molecular weight excluding hydrogens is 325 g/mol. The van der Waals surface area contributed by atoms with Crippen molar-refractivity contribution in [3.05, 3.63) is 29.3 Å². The molecule has 25 heavy (non-hydrogen) atoms. The van der Waals surface area contributed by atoms with Crippen molar-refractivity contribution in [1.29, 1.82) is 0 Å². The van der Waals surface area contributed by atoms with Crippen molar-refractivity contribution in [2.24, 2.45) is 11.3 Å². The van der Waals surface area contributed by atoms with Crippen molar-refractivity contribution in [2.45, 2.75) is 85.1 Å². The Morgan fingerprint density at radius 1 is 1.08 bits per heavy atom. The first-order valence-corrected chi connectivity index (χ1v) is 11.0. The molecule has 3 atom stereocenters. The molecule has 1 aromatic rings. The first kappa shape index (κ1) is 19.0. The molecule has 138 valence electrons. The van der Waals surface area contributed by atoms with Gasteiger partial charge in [0.1, 0.15) is 0 Å². The third-order valence-corrected chi connectivity index (χ3v) is 7.82. The molecule has 1 aromatic carbocycles. The van der Waals surface area contributed by atoms with Gasteiger partial charge in [0.15, 0.2) is 12.2 Å². The number of rotatable bonds is 4. The number of para-hydroxylation sites is 1. The van der Waals surface area contributed by atoms with Crippen LogP contribution in [0.25, 0.3) is 0 Å². The van der Waals surface area contributed by atoms with Gasteiger partial charge in [-0.25, -0.2) is 4.58 Å². The van der Waals surface area contributed by atoms with Crippen molar-refractivity contribution in [3.63, 3.8) is 0 Å². The number of hydrogen-bond acceptors (Lipinski definition) is 0. The molecule has 2 bridgehead atoms. The summed E-state index contributed by atoms with van der Waals surface area (Å²) >= 11 is 6.75. The summed E-state index contributed by atoms with van der Waals surface area (Å²) in [6.45, 7) is 16.1. The predicted molar refractivity (Wildman–Crippen MR) is 113 cm³/mol. The van der Waals surface area contributed by atoms with Crippen LogP contribution in [0.3, 0.4) is 0 Å². The van der Waals surface area contributed by atoms with Crippen LogP contribution >= 0.6 is 11.5 Å². The monoisotopic (exact) mass is 359 g/mol. The molecule has 2 heterocycles. The third-order valence-electron chi connectivity index (χ3n) is 7.46. The second-order valence-electron chi connectivity index (χ2n) is 9.72. The number of nitrogens with zero attached hydrogens (tertiary/aromatic N) is 1. The Kier molecular flexibility index (Phi) is 4.90. The minimum absolute atomic E-state index is 0.222. The smallest absolute Gasteiger partial charge is 0.209 e. The SMILES string of the molecule is CC(C)c1cccc(C(C)C)c1[N+]1=C([BH2-]Cl)[C@]2(C)CC[C@@]1(C)C[C@@H]2C. The van der Waals surface area contributed by atoms with E-state index in [9.17, 15) is 0 Å². The van der Waals surface area contributed by atoms with Crippen molar-refractivity contribution >= 4 is 29.5 Å². The van der Waals surface area contributed by atoms with E-state index in [1.165, 1.54) is 36.1 Å². The molecule has 0 aromatic heterocycles. The molecule has 4 rings (SSSR count). The summed E-state index contributed by atoms with van der Waals surface area (Å²) in [5.41, 5.74) is 6.57. The van der Waals surface area contributed by atoms with E-state index < -0.39 is 6.69 Å². The van der Waals surface area contributed by atoms with E-state index in [2.05, 4.69) is 71.2 Å². The highest BCUT2D eigenvalue weighted by atomic mass is 35.5. The highest BCUT2D eigenvalue weighted by Gasteiger charge is 2.57. The van der Waals surface area contributed by atoms with E-state index >= 15 is 0 Å². The van der Waals surface area contributed by atoms with Gasteiger partial charge in [-0.3, -0.25) is 0 Å². The van der Waals surface area contributed by atoms with Gasteiger partial charge < -0.3 is 11.5 Å². The van der Waals surface area contributed by atoms with Crippen molar-refractivity contribution in [2.75, 3.05) is 0 Å². The topological polar surface area (TPSA) is 3.01 Å². The molecule has 3 aliphatic rings. The van der Waals surface area contributed by atoms with E-state index in [1.807, 2.05) is 0 Å². The fourth-order valence-electron chi connectivity index (χ4n) is 5.67. The Labute approximate surface area is 160 Å². The maximum Gasteiger partial charge on any atom is 0.209 e. The van der Waals surface area contributed by atoms with E-state index in [4.69, 9.17) is 11.5 Å². The molecule has 2 aliphatic heterocycles. The molecule has 1 aliphatic carbocycles. The Morgan fingerprint density at radius 3 is 2.08 bits per heavy atom. The van der Waals surface area contributed by atoms with Gasteiger partial charge in [0, 0.05) is 41.9 Å². The molecule has 0 saturated heterocycles. The van der Waals surface area contributed by atoms with Crippen LogP contribution in [0.15, 0.2) is 18.2 Å². The lowest BCUT2D eigenvalue weighted by Crippen LogP contribution is -2.61. The van der Waals surface area contributed by atoms with Crippen LogP contribution in [-0.2, 0) is 0 Å². The van der Waals surface area contributed by atoms with Gasteiger partial charge in [0.2, 0.25) is 5.69 Å². The third kappa shape index (κ3) is 2.80. The molecule has 1 fully saturated rings. The zero-order valence-electron chi connectivity index (χ0n) is 17.4. The van der Waals surface area contributed by atoms with Crippen LogP contribution in [0.4, 0.5) is 5.69 Å². The Bertz CT molecular complexity index is 682. The fraction of sp³-hybridized carbons (Fsp3) is 0.682. The average molecular weight is 360 g/mol. The van der Waals surface area contributed by atoms with Gasteiger partial charge in [-0.05, 0) is 24.2 Å². The Hall–Kier alpha value is -0.755. The predicted octanol–water partition coefficient (Wildman–Crippen LogP) is 5.90. The quantitative estimate of drug-likeness (QED) is 0.465. The highest BCUT2D eigenvalue weighted by Crippen LogP contribution is 2.55. The van der Waals surface area contributed by atoms with E-state index in [0.717, 1.165) is 5.92 Å². The van der Waals surface area contributed by atoms with Crippen molar-refractivity contribution in [3.8, 4) is 0 Å². The number of hydrogen-bond donors (Lipinski definition) is 0. The van der Waals surface area contributed by atoms with Gasteiger partial charge in [-0.15, -0.1) is 0 Å². The minimum atomic E-state index is -0.605. The standard InChI is InChI=1S/C22H35BClN/c1-14(2)17-9-8-10-18(15(3)4)19(17)25-20(23-24)22(7)12-11-21(25,6)13-16(22)5/h8-10,14-16H,11-13,23H2,1-7H3/t16-,21-,22+/m0/s1. The molecule has 0 unspecified atom stereocenters. The second-order valence-corrected chi connectivity index (χ2v) is 10.1. The lowest BCUT2D eigenvalue weighted by molar-refractivity contribution is -0.555.